The van der Waals surface area contributed by atoms with Crippen LogP contribution in [-0.4, -0.2) is 47.4 Å². The van der Waals surface area contributed by atoms with Crippen LogP contribution in [-0.2, 0) is 0 Å². The van der Waals surface area contributed by atoms with Crippen LogP contribution < -0.4 is 4.90 Å². The van der Waals surface area contributed by atoms with Crippen molar-refractivity contribution < 1.29 is 4.79 Å². The Kier molecular flexibility index (Phi) is 7.22. The number of carbonyl (C=O) groups is 1. The maximum absolute atomic E-state index is 12.8. The summed E-state index contributed by atoms with van der Waals surface area (Å²) in [6.45, 7) is 16.6. The number of nitrogens with zero attached hydrogens (tertiary/aromatic N) is 3. The Morgan fingerprint density at radius 2 is 2.04 bits per heavy atom. The summed E-state index contributed by atoms with van der Waals surface area (Å²) >= 11 is 0. The molecule has 26 heavy (non-hydrogen) atoms. The van der Waals surface area contributed by atoms with E-state index in [4.69, 9.17) is 4.98 Å². The van der Waals surface area contributed by atoms with Gasteiger partial charge in [-0.25, -0.2) is 4.98 Å². The first kappa shape index (κ1) is 20.9. The van der Waals surface area contributed by atoms with Crippen molar-refractivity contribution in [2.45, 2.75) is 79.3 Å². The summed E-state index contributed by atoms with van der Waals surface area (Å²) in [5.41, 5.74) is 0.948. The molecule has 4 nitrogen and oxygen atoms in total. The second kappa shape index (κ2) is 8.98. The van der Waals surface area contributed by atoms with E-state index in [0.717, 1.165) is 50.3 Å². The number of carbonyl (C=O) groups excluding carboxylic acids is 1. The summed E-state index contributed by atoms with van der Waals surface area (Å²) in [5.74, 6) is 1.12. The summed E-state index contributed by atoms with van der Waals surface area (Å²) in [7, 11) is 0. The standard InChI is InChI=1S/C22H37N3O/c1-7-9-12-20(26)19-11-10-13-23-21(19)25-16-22(5,6)15-24(17(3)4)14-18(25)8-2/h10-11,13,17-18H,7-9,12,14-16H2,1-6H3. The molecule has 1 atom stereocenters. The van der Waals surface area contributed by atoms with Gasteiger partial charge in [0.05, 0.1) is 5.56 Å². The lowest BCUT2D eigenvalue weighted by Crippen LogP contribution is -2.43. The summed E-state index contributed by atoms with van der Waals surface area (Å²) < 4.78 is 0. The zero-order valence-electron chi connectivity index (χ0n) is 17.6. The number of aromatic nitrogens is 1. The molecule has 1 unspecified atom stereocenters. The van der Waals surface area contributed by atoms with E-state index in [1.54, 1.807) is 0 Å². The normalized spacial score (nSPS) is 21.0. The fourth-order valence-corrected chi connectivity index (χ4v) is 3.93. The van der Waals surface area contributed by atoms with Gasteiger partial charge in [-0.3, -0.25) is 9.69 Å². The third kappa shape index (κ3) is 5.06. The minimum Gasteiger partial charge on any atom is -0.351 e. The Bertz CT molecular complexity index is 597. The minimum absolute atomic E-state index is 0.148. The van der Waals surface area contributed by atoms with E-state index in [0.29, 0.717) is 18.5 Å². The largest absolute Gasteiger partial charge is 0.351 e. The number of anilines is 1. The molecule has 0 N–H and O–H groups in total. The van der Waals surface area contributed by atoms with Crippen LogP contribution in [0.4, 0.5) is 5.82 Å². The molecule has 1 aromatic rings. The van der Waals surface area contributed by atoms with Gasteiger partial charge in [-0.05, 0) is 44.2 Å². The third-order valence-electron chi connectivity index (χ3n) is 5.43. The molecule has 1 aromatic heterocycles. The van der Waals surface area contributed by atoms with E-state index in [1.807, 2.05) is 18.3 Å². The van der Waals surface area contributed by atoms with Crippen molar-refractivity contribution in [3.05, 3.63) is 23.9 Å². The lowest BCUT2D eigenvalue weighted by molar-refractivity contribution is 0.0979. The van der Waals surface area contributed by atoms with Gasteiger partial charge in [-0.2, -0.15) is 0 Å². The maximum Gasteiger partial charge on any atom is 0.166 e. The van der Waals surface area contributed by atoms with Gasteiger partial charge in [0.15, 0.2) is 5.78 Å². The number of Topliss-reactive ketones (excluding diaryl/α,β-unsaturated/α-hetero) is 1. The van der Waals surface area contributed by atoms with Gasteiger partial charge >= 0.3 is 0 Å². The van der Waals surface area contributed by atoms with E-state index in [2.05, 4.69) is 51.3 Å². The molecule has 1 saturated heterocycles. The highest BCUT2D eigenvalue weighted by Gasteiger charge is 2.36. The second-order valence-electron chi connectivity index (χ2n) is 8.78. The summed E-state index contributed by atoms with van der Waals surface area (Å²) in [4.78, 5) is 22.5. The number of ketones is 1. The number of hydrogen-bond acceptors (Lipinski definition) is 4. The Balaban J connectivity index is 2.40. The molecule has 0 spiro atoms. The highest BCUT2D eigenvalue weighted by molar-refractivity contribution is 6.00. The first-order chi connectivity index (χ1) is 12.3. The molecule has 0 aliphatic carbocycles. The van der Waals surface area contributed by atoms with Crippen LogP contribution in [0.15, 0.2) is 18.3 Å². The molecule has 0 bridgehead atoms. The third-order valence-corrected chi connectivity index (χ3v) is 5.43. The van der Waals surface area contributed by atoms with Crippen molar-refractivity contribution in [2.75, 3.05) is 24.5 Å². The Morgan fingerprint density at radius 3 is 2.65 bits per heavy atom. The zero-order chi connectivity index (χ0) is 19.3. The monoisotopic (exact) mass is 359 g/mol. The minimum atomic E-state index is 0.148. The molecule has 1 aliphatic rings. The van der Waals surface area contributed by atoms with E-state index in [-0.39, 0.29) is 11.2 Å². The highest BCUT2D eigenvalue weighted by Crippen LogP contribution is 2.32. The van der Waals surface area contributed by atoms with E-state index in [9.17, 15) is 4.79 Å². The van der Waals surface area contributed by atoms with Crippen LogP contribution in [0, 0.1) is 5.41 Å². The Labute approximate surface area is 160 Å². The van der Waals surface area contributed by atoms with Gasteiger partial charge < -0.3 is 4.90 Å². The van der Waals surface area contributed by atoms with Crippen molar-refractivity contribution >= 4 is 11.6 Å². The lowest BCUT2D eigenvalue weighted by Gasteiger charge is -2.35. The lowest BCUT2D eigenvalue weighted by atomic mass is 9.91. The SMILES string of the molecule is CCCCC(=O)c1cccnc1N1CC(C)(C)CN(C(C)C)CC1CC. The van der Waals surface area contributed by atoms with Gasteiger partial charge in [0, 0.05) is 44.3 Å². The van der Waals surface area contributed by atoms with Crippen LogP contribution >= 0.6 is 0 Å². The Hall–Kier alpha value is -1.42. The van der Waals surface area contributed by atoms with Gasteiger partial charge in [-0.15, -0.1) is 0 Å². The average molecular weight is 360 g/mol. The van der Waals surface area contributed by atoms with E-state index < -0.39 is 0 Å². The number of rotatable bonds is 7. The summed E-state index contributed by atoms with van der Waals surface area (Å²) in [6.07, 6.45) is 5.48. The molecule has 1 fully saturated rings. The van der Waals surface area contributed by atoms with Crippen LogP contribution in [0.2, 0.25) is 0 Å². The van der Waals surface area contributed by atoms with Crippen molar-refractivity contribution in [2.24, 2.45) is 5.41 Å². The molecule has 0 radical (unpaired) electrons. The molecule has 0 aromatic carbocycles. The predicted octanol–water partition coefficient (Wildman–Crippen LogP) is 4.79. The van der Waals surface area contributed by atoms with Crippen LogP contribution in [0.5, 0.6) is 0 Å². The van der Waals surface area contributed by atoms with Crippen molar-refractivity contribution in [1.29, 1.82) is 0 Å². The fourth-order valence-electron chi connectivity index (χ4n) is 3.93. The number of pyridine rings is 1. The molecule has 0 amide bonds. The van der Waals surface area contributed by atoms with Crippen LogP contribution in [0.25, 0.3) is 0 Å². The summed E-state index contributed by atoms with van der Waals surface area (Å²) in [6, 6.07) is 4.77. The molecule has 2 rings (SSSR count). The van der Waals surface area contributed by atoms with Gasteiger partial charge in [0.25, 0.3) is 0 Å². The van der Waals surface area contributed by atoms with Crippen LogP contribution in [0.1, 0.15) is 77.6 Å². The predicted molar refractivity (Wildman–Crippen MR) is 110 cm³/mol. The molecule has 4 heteroatoms. The fraction of sp³-hybridized carbons (Fsp3) is 0.727. The first-order valence-electron chi connectivity index (χ1n) is 10.3. The number of unbranched alkanes of at least 4 members (excludes halogenated alkanes) is 1. The second-order valence-corrected chi connectivity index (χ2v) is 8.78. The smallest absolute Gasteiger partial charge is 0.166 e. The number of hydrogen-bond donors (Lipinski definition) is 0. The first-order valence-corrected chi connectivity index (χ1v) is 10.3. The van der Waals surface area contributed by atoms with Crippen LogP contribution in [0.3, 0.4) is 0 Å². The highest BCUT2D eigenvalue weighted by atomic mass is 16.1. The topological polar surface area (TPSA) is 36.4 Å². The average Bonchev–Trinajstić information content (AvgIpc) is 2.75. The molecular weight excluding hydrogens is 322 g/mol. The molecule has 2 heterocycles. The van der Waals surface area contributed by atoms with E-state index in [1.165, 1.54) is 0 Å². The molecule has 1 aliphatic heterocycles. The van der Waals surface area contributed by atoms with Gasteiger partial charge in [0.1, 0.15) is 5.82 Å². The van der Waals surface area contributed by atoms with Gasteiger partial charge in [-0.1, -0.05) is 34.1 Å². The van der Waals surface area contributed by atoms with Crippen molar-refractivity contribution in [1.82, 2.24) is 9.88 Å². The molecule has 0 saturated carbocycles. The quantitative estimate of drug-likeness (QED) is 0.656. The Morgan fingerprint density at radius 1 is 1.31 bits per heavy atom. The van der Waals surface area contributed by atoms with E-state index >= 15 is 0 Å². The molecule has 146 valence electrons. The summed E-state index contributed by atoms with van der Waals surface area (Å²) in [5, 5.41) is 0. The van der Waals surface area contributed by atoms with Gasteiger partial charge in [0.2, 0.25) is 0 Å². The van der Waals surface area contributed by atoms with Crippen molar-refractivity contribution in [3.63, 3.8) is 0 Å². The zero-order valence-corrected chi connectivity index (χ0v) is 17.6. The maximum atomic E-state index is 12.8. The molecular formula is C22H37N3O. The van der Waals surface area contributed by atoms with Crippen molar-refractivity contribution in [3.8, 4) is 0 Å².